The molecule has 0 radical (unpaired) electrons. The third-order valence-electron chi connectivity index (χ3n) is 3.04. The molecular formula is C14H22N2. The maximum absolute atomic E-state index is 6.09. The fraction of sp³-hybridized carbons (Fsp3) is 0.571. The number of aryl methyl sites for hydroxylation is 1. The molecule has 0 amide bonds. The maximum atomic E-state index is 6.09. The lowest BCUT2D eigenvalue weighted by Gasteiger charge is -2.28. The Morgan fingerprint density at radius 2 is 2.06 bits per heavy atom. The molecule has 0 unspecified atom stereocenters. The van der Waals surface area contributed by atoms with Gasteiger partial charge in [-0.2, -0.15) is 0 Å². The number of hydrogen-bond acceptors (Lipinski definition) is 2. The number of nitrogen functional groups attached to an aromatic ring is 1. The molecule has 2 N–H and O–H groups in total. The molecule has 1 fully saturated rings. The second kappa shape index (κ2) is 4.36. The van der Waals surface area contributed by atoms with Crippen molar-refractivity contribution in [3.8, 4) is 0 Å². The summed E-state index contributed by atoms with van der Waals surface area (Å²) in [5.41, 5.74) is 9.53. The Bertz CT molecular complexity index is 367. The van der Waals surface area contributed by atoms with Gasteiger partial charge in [-0.1, -0.05) is 19.9 Å². The van der Waals surface area contributed by atoms with Crippen molar-refractivity contribution in [3.63, 3.8) is 0 Å². The van der Waals surface area contributed by atoms with Crippen LogP contribution in [0.3, 0.4) is 0 Å². The van der Waals surface area contributed by atoms with E-state index in [0.29, 0.717) is 5.92 Å². The highest BCUT2D eigenvalue weighted by Crippen LogP contribution is 2.35. The molecule has 1 aliphatic carbocycles. The van der Waals surface area contributed by atoms with E-state index >= 15 is 0 Å². The van der Waals surface area contributed by atoms with Crippen molar-refractivity contribution in [3.05, 3.63) is 23.8 Å². The second-order valence-electron chi connectivity index (χ2n) is 5.34. The first-order valence-corrected chi connectivity index (χ1v) is 6.20. The van der Waals surface area contributed by atoms with Crippen molar-refractivity contribution in [2.45, 2.75) is 39.7 Å². The monoisotopic (exact) mass is 218 g/mol. The van der Waals surface area contributed by atoms with Gasteiger partial charge < -0.3 is 10.6 Å². The summed E-state index contributed by atoms with van der Waals surface area (Å²) in [5.74, 6) is 0.681. The summed E-state index contributed by atoms with van der Waals surface area (Å²) in [6.45, 7) is 7.77. The third kappa shape index (κ3) is 2.49. The van der Waals surface area contributed by atoms with Crippen LogP contribution in [0.25, 0.3) is 0 Å². The van der Waals surface area contributed by atoms with E-state index in [1.54, 1.807) is 0 Å². The minimum absolute atomic E-state index is 0.681. The van der Waals surface area contributed by atoms with E-state index in [9.17, 15) is 0 Å². The Labute approximate surface area is 98.4 Å². The Balaban J connectivity index is 2.26. The normalized spacial score (nSPS) is 15.5. The fourth-order valence-electron chi connectivity index (χ4n) is 2.13. The predicted octanol–water partition coefficient (Wildman–Crippen LogP) is 3.20. The van der Waals surface area contributed by atoms with Crippen LogP contribution < -0.4 is 10.6 Å². The predicted molar refractivity (Wildman–Crippen MR) is 70.8 cm³/mol. The number of rotatable bonds is 4. The lowest BCUT2D eigenvalue weighted by atomic mass is 10.1. The highest BCUT2D eigenvalue weighted by Gasteiger charge is 2.30. The lowest BCUT2D eigenvalue weighted by Crippen LogP contribution is -2.30. The molecule has 0 aromatic heterocycles. The van der Waals surface area contributed by atoms with Gasteiger partial charge in [0, 0.05) is 12.6 Å². The summed E-state index contributed by atoms with van der Waals surface area (Å²) in [6.07, 6.45) is 2.64. The van der Waals surface area contributed by atoms with Crippen LogP contribution in [0.4, 0.5) is 11.4 Å². The zero-order valence-corrected chi connectivity index (χ0v) is 10.5. The molecule has 2 rings (SSSR count). The molecule has 1 aromatic rings. The van der Waals surface area contributed by atoms with Crippen LogP contribution >= 0.6 is 0 Å². The molecule has 0 aliphatic heterocycles. The molecular weight excluding hydrogens is 196 g/mol. The minimum atomic E-state index is 0.681. The Kier molecular flexibility index (Phi) is 3.08. The average Bonchev–Trinajstić information content (AvgIpc) is 3.02. The van der Waals surface area contributed by atoms with Crippen molar-refractivity contribution in [1.82, 2.24) is 0 Å². The van der Waals surface area contributed by atoms with Crippen LogP contribution in [-0.2, 0) is 0 Å². The van der Waals surface area contributed by atoms with Gasteiger partial charge in [0.15, 0.2) is 0 Å². The third-order valence-corrected chi connectivity index (χ3v) is 3.04. The van der Waals surface area contributed by atoms with Gasteiger partial charge in [-0.25, -0.2) is 0 Å². The summed E-state index contributed by atoms with van der Waals surface area (Å²) >= 11 is 0. The number of benzene rings is 1. The zero-order chi connectivity index (χ0) is 11.7. The second-order valence-corrected chi connectivity index (χ2v) is 5.34. The number of hydrogen-bond donors (Lipinski definition) is 1. The van der Waals surface area contributed by atoms with Gasteiger partial charge in [0.1, 0.15) is 0 Å². The first-order valence-electron chi connectivity index (χ1n) is 6.20. The van der Waals surface area contributed by atoms with E-state index < -0.39 is 0 Å². The van der Waals surface area contributed by atoms with Gasteiger partial charge in [-0.05, 0) is 43.4 Å². The summed E-state index contributed by atoms with van der Waals surface area (Å²) in [7, 11) is 0. The van der Waals surface area contributed by atoms with Crippen molar-refractivity contribution in [2.24, 2.45) is 5.92 Å². The van der Waals surface area contributed by atoms with E-state index in [1.807, 2.05) is 6.07 Å². The molecule has 1 saturated carbocycles. The largest absolute Gasteiger partial charge is 0.397 e. The Hall–Kier alpha value is -1.18. The molecule has 0 heterocycles. The highest BCUT2D eigenvalue weighted by molar-refractivity contribution is 5.69. The average molecular weight is 218 g/mol. The van der Waals surface area contributed by atoms with Gasteiger partial charge in [0.05, 0.1) is 11.4 Å². The van der Waals surface area contributed by atoms with Crippen LogP contribution in [0, 0.1) is 12.8 Å². The Morgan fingerprint density at radius 1 is 1.38 bits per heavy atom. The molecule has 2 nitrogen and oxygen atoms in total. The molecule has 1 aromatic carbocycles. The number of anilines is 2. The zero-order valence-electron chi connectivity index (χ0n) is 10.5. The highest BCUT2D eigenvalue weighted by atomic mass is 15.2. The lowest BCUT2D eigenvalue weighted by molar-refractivity contribution is 0.608. The van der Waals surface area contributed by atoms with Crippen LogP contribution in [0.5, 0.6) is 0 Å². The van der Waals surface area contributed by atoms with E-state index in [1.165, 1.54) is 24.1 Å². The van der Waals surface area contributed by atoms with Gasteiger partial charge in [-0.15, -0.1) is 0 Å². The molecule has 16 heavy (non-hydrogen) atoms. The quantitative estimate of drug-likeness (QED) is 0.786. The van der Waals surface area contributed by atoms with Gasteiger partial charge in [0.2, 0.25) is 0 Å². The summed E-state index contributed by atoms with van der Waals surface area (Å²) in [5, 5.41) is 0. The van der Waals surface area contributed by atoms with Crippen molar-refractivity contribution >= 4 is 11.4 Å². The van der Waals surface area contributed by atoms with Crippen LogP contribution in [-0.4, -0.2) is 12.6 Å². The van der Waals surface area contributed by atoms with Crippen molar-refractivity contribution in [1.29, 1.82) is 0 Å². The molecule has 0 atom stereocenters. The summed E-state index contributed by atoms with van der Waals surface area (Å²) in [6, 6.07) is 7.06. The Morgan fingerprint density at radius 3 is 2.62 bits per heavy atom. The molecule has 0 spiro atoms. The molecule has 2 heteroatoms. The molecule has 0 bridgehead atoms. The number of nitrogens with zero attached hydrogens (tertiary/aromatic N) is 1. The van der Waals surface area contributed by atoms with Gasteiger partial charge in [-0.3, -0.25) is 0 Å². The molecule has 88 valence electrons. The van der Waals surface area contributed by atoms with Gasteiger partial charge in [0.25, 0.3) is 0 Å². The van der Waals surface area contributed by atoms with E-state index in [2.05, 4.69) is 37.8 Å². The summed E-state index contributed by atoms with van der Waals surface area (Å²) < 4.78 is 0. The minimum Gasteiger partial charge on any atom is -0.397 e. The molecule has 0 saturated heterocycles. The smallest absolute Gasteiger partial charge is 0.0605 e. The maximum Gasteiger partial charge on any atom is 0.0605 e. The standard InChI is InChI=1S/C14H22N2/c1-10(2)9-16(12-5-6-12)14-8-11(3)4-7-13(14)15/h4,7-8,10,12H,5-6,9,15H2,1-3H3. The summed E-state index contributed by atoms with van der Waals surface area (Å²) in [4.78, 5) is 2.49. The van der Waals surface area contributed by atoms with E-state index in [-0.39, 0.29) is 0 Å². The van der Waals surface area contributed by atoms with Crippen LogP contribution in [0.2, 0.25) is 0 Å². The van der Waals surface area contributed by atoms with Crippen LogP contribution in [0.1, 0.15) is 32.3 Å². The van der Waals surface area contributed by atoms with E-state index in [0.717, 1.165) is 18.3 Å². The topological polar surface area (TPSA) is 29.3 Å². The van der Waals surface area contributed by atoms with E-state index in [4.69, 9.17) is 5.73 Å². The first kappa shape index (κ1) is 11.3. The van der Waals surface area contributed by atoms with Gasteiger partial charge >= 0.3 is 0 Å². The van der Waals surface area contributed by atoms with Crippen LogP contribution in [0.15, 0.2) is 18.2 Å². The SMILES string of the molecule is Cc1ccc(N)c(N(CC(C)C)C2CC2)c1. The molecule has 1 aliphatic rings. The van der Waals surface area contributed by atoms with Crippen molar-refractivity contribution in [2.75, 3.05) is 17.2 Å². The van der Waals surface area contributed by atoms with Crippen molar-refractivity contribution < 1.29 is 0 Å². The fourth-order valence-corrected chi connectivity index (χ4v) is 2.13. The number of nitrogens with two attached hydrogens (primary N) is 1. The first-order chi connectivity index (χ1) is 7.58.